The highest BCUT2D eigenvalue weighted by Gasteiger charge is 2.13. The number of para-hydroxylation sites is 1. The van der Waals surface area contributed by atoms with Gasteiger partial charge < -0.3 is 14.9 Å². The first kappa shape index (κ1) is 12.1. The van der Waals surface area contributed by atoms with E-state index in [1.54, 1.807) is 12.1 Å². The molecule has 0 radical (unpaired) electrons. The van der Waals surface area contributed by atoms with Crippen molar-refractivity contribution in [3.05, 3.63) is 41.1 Å². The predicted molar refractivity (Wildman–Crippen MR) is 55.4 cm³/mol. The van der Waals surface area contributed by atoms with Crippen LogP contribution in [0.15, 0.2) is 36.1 Å². The van der Waals surface area contributed by atoms with Crippen molar-refractivity contribution in [3.8, 4) is 5.75 Å². The molecule has 0 atom stereocenters. The normalized spacial score (nSPS) is 10.9. The Labute approximate surface area is 95.5 Å². The number of carboxylic acids is 2. The summed E-state index contributed by atoms with van der Waals surface area (Å²) in [5.74, 6) is -3.52. The summed E-state index contributed by atoms with van der Waals surface area (Å²) in [5.41, 5.74) is 0. The van der Waals surface area contributed by atoms with Crippen LogP contribution in [0.2, 0.25) is 5.02 Å². The monoisotopic (exact) mass is 242 g/mol. The number of aliphatic carboxylic acids is 2. The van der Waals surface area contributed by atoms with Gasteiger partial charge in [0.25, 0.3) is 0 Å². The molecule has 1 aromatic carbocycles. The fourth-order valence-corrected chi connectivity index (χ4v) is 1.07. The van der Waals surface area contributed by atoms with E-state index in [1.807, 2.05) is 0 Å². The maximum atomic E-state index is 10.7. The Morgan fingerprint density at radius 1 is 1.25 bits per heavy atom. The highest BCUT2D eigenvalue weighted by Crippen LogP contribution is 2.25. The fourth-order valence-electron chi connectivity index (χ4n) is 0.893. The van der Waals surface area contributed by atoms with E-state index < -0.39 is 17.7 Å². The third-order valence-corrected chi connectivity index (χ3v) is 1.83. The predicted octanol–water partition coefficient (Wildman–Crippen LogP) is 1.77. The molecule has 0 unspecified atom stereocenters. The molecule has 1 aromatic rings. The summed E-state index contributed by atoms with van der Waals surface area (Å²) in [4.78, 5) is 21.0. The number of benzene rings is 1. The minimum absolute atomic E-state index is 0.0825. The molecule has 0 spiro atoms. The van der Waals surface area contributed by atoms with Crippen LogP contribution in [0, 0.1) is 0 Å². The van der Waals surface area contributed by atoms with Crippen molar-refractivity contribution in [2.75, 3.05) is 0 Å². The van der Waals surface area contributed by atoms with Crippen LogP contribution < -0.4 is 4.74 Å². The van der Waals surface area contributed by atoms with Crippen molar-refractivity contribution in [1.82, 2.24) is 0 Å². The molecule has 84 valence electrons. The van der Waals surface area contributed by atoms with Gasteiger partial charge in [-0.3, -0.25) is 0 Å². The average Bonchev–Trinajstić information content (AvgIpc) is 2.19. The Bertz CT molecular complexity index is 452. The van der Waals surface area contributed by atoms with Gasteiger partial charge in [-0.25, -0.2) is 9.59 Å². The minimum Gasteiger partial charge on any atom is -0.478 e. The van der Waals surface area contributed by atoms with Gasteiger partial charge in [-0.1, -0.05) is 23.7 Å². The summed E-state index contributed by atoms with van der Waals surface area (Å²) in [6.45, 7) is 0. The van der Waals surface area contributed by atoms with Crippen molar-refractivity contribution in [1.29, 1.82) is 0 Å². The van der Waals surface area contributed by atoms with Crippen LogP contribution in [0.5, 0.6) is 5.75 Å². The van der Waals surface area contributed by atoms with Crippen molar-refractivity contribution in [2.24, 2.45) is 0 Å². The Balaban J connectivity index is 2.98. The van der Waals surface area contributed by atoms with E-state index in [1.165, 1.54) is 12.1 Å². The summed E-state index contributed by atoms with van der Waals surface area (Å²) in [7, 11) is 0. The van der Waals surface area contributed by atoms with Crippen molar-refractivity contribution < 1.29 is 24.5 Å². The Morgan fingerprint density at radius 2 is 1.88 bits per heavy atom. The van der Waals surface area contributed by atoms with Crippen LogP contribution in [-0.2, 0) is 9.59 Å². The molecule has 0 aliphatic rings. The number of hydrogen-bond donors (Lipinski definition) is 2. The van der Waals surface area contributed by atoms with Crippen LogP contribution in [0.4, 0.5) is 0 Å². The zero-order valence-electron chi connectivity index (χ0n) is 7.88. The van der Waals surface area contributed by atoms with Crippen LogP contribution >= 0.6 is 11.6 Å². The lowest BCUT2D eigenvalue weighted by Crippen LogP contribution is -2.10. The first-order chi connectivity index (χ1) is 7.50. The molecular weight excluding hydrogens is 236 g/mol. The lowest BCUT2D eigenvalue weighted by Gasteiger charge is -2.06. The average molecular weight is 243 g/mol. The van der Waals surface area contributed by atoms with Crippen molar-refractivity contribution in [2.45, 2.75) is 0 Å². The van der Waals surface area contributed by atoms with Gasteiger partial charge in [0.05, 0.1) is 11.1 Å². The number of carbonyl (C=O) groups is 2. The number of rotatable bonds is 4. The molecule has 0 aliphatic heterocycles. The van der Waals surface area contributed by atoms with E-state index in [2.05, 4.69) is 0 Å². The van der Waals surface area contributed by atoms with Gasteiger partial charge in [-0.15, -0.1) is 0 Å². The SMILES string of the molecule is O=C(O)C=C(Oc1ccccc1Cl)C(=O)O. The van der Waals surface area contributed by atoms with E-state index in [9.17, 15) is 9.59 Å². The second kappa shape index (κ2) is 5.18. The molecule has 0 aliphatic carbocycles. The molecule has 5 nitrogen and oxygen atoms in total. The molecule has 0 saturated carbocycles. The van der Waals surface area contributed by atoms with E-state index in [-0.39, 0.29) is 10.8 Å². The fraction of sp³-hybridized carbons (Fsp3) is 0. The van der Waals surface area contributed by atoms with Gasteiger partial charge in [0.15, 0.2) is 0 Å². The maximum absolute atomic E-state index is 10.7. The van der Waals surface area contributed by atoms with Gasteiger partial charge in [-0.2, -0.15) is 0 Å². The van der Waals surface area contributed by atoms with Gasteiger partial charge >= 0.3 is 11.9 Å². The molecule has 6 heteroatoms. The van der Waals surface area contributed by atoms with Crippen LogP contribution in [0.3, 0.4) is 0 Å². The third-order valence-electron chi connectivity index (χ3n) is 1.52. The number of hydrogen-bond acceptors (Lipinski definition) is 3. The summed E-state index contributed by atoms with van der Waals surface area (Å²) < 4.78 is 4.87. The molecular formula is C10H7ClO5. The van der Waals surface area contributed by atoms with Gasteiger partial charge in [-0.05, 0) is 12.1 Å². The smallest absolute Gasteiger partial charge is 0.372 e. The standard InChI is InChI=1S/C10H7ClO5/c11-6-3-1-2-4-7(6)16-8(10(14)15)5-9(12)13/h1-5H,(H,12,13)(H,14,15). The molecule has 2 N–H and O–H groups in total. The van der Waals surface area contributed by atoms with Crippen LogP contribution in [0.25, 0.3) is 0 Å². The maximum Gasteiger partial charge on any atom is 0.372 e. The number of halogens is 1. The van der Waals surface area contributed by atoms with Crippen LogP contribution in [-0.4, -0.2) is 22.2 Å². The number of ether oxygens (including phenoxy) is 1. The lowest BCUT2D eigenvalue weighted by atomic mass is 10.3. The first-order valence-corrected chi connectivity index (χ1v) is 4.49. The Morgan fingerprint density at radius 3 is 2.38 bits per heavy atom. The molecule has 0 aromatic heterocycles. The van der Waals surface area contributed by atoms with Crippen LogP contribution in [0.1, 0.15) is 0 Å². The highest BCUT2D eigenvalue weighted by atomic mass is 35.5. The van der Waals surface area contributed by atoms with E-state index in [0.29, 0.717) is 6.08 Å². The Kier molecular flexibility index (Phi) is 3.90. The largest absolute Gasteiger partial charge is 0.478 e. The molecule has 1 rings (SSSR count). The second-order valence-electron chi connectivity index (χ2n) is 2.68. The van der Waals surface area contributed by atoms with E-state index in [0.717, 1.165) is 0 Å². The number of carboxylic acid groups (broad SMARTS) is 2. The molecule has 0 heterocycles. The zero-order valence-corrected chi connectivity index (χ0v) is 8.64. The Hall–Kier alpha value is -2.01. The summed E-state index contributed by atoms with van der Waals surface area (Å²) in [5, 5.41) is 17.3. The molecule has 0 fully saturated rings. The molecule has 0 amide bonds. The lowest BCUT2D eigenvalue weighted by molar-refractivity contribution is -0.137. The minimum atomic E-state index is -1.48. The quantitative estimate of drug-likeness (QED) is 0.621. The first-order valence-electron chi connectivity index (χ1n) is 4.11. The zero-order chi connectivity index (χ0) is 12.1. The third kappa shape index (κ3) is 3.29. The van der Waals surface area contributed by atoms with Gasteiger partial charge in [0, 0.05) is 0 Å². The second-order valence-corrected chi connectivity index (χ2v) is 3.09. The molecule has 0 bridgehead atoms. The molecule has 16 heavy (non-hydrogen) atoms. The summed E-state index contributed by atoms with van der Waals surface area (Å²) >= 11 is 5.72. The molecule has 0 saturated heterocycles. The van der Waals surface area contributed by atoms with E-state index >= 15 is 0 Å². The van der Waals surface area contributed by atoms with Crippen molar-refractivity contribution in [3.63, 3.8) is 0 Å². The van der Waals surface area contributed by atoms with Gasteiger partial charge in [0.2, 0.25) is 5.76 Å². The van der Waals surface area contributed by atoms with Gasteiger partial charge in [0.1, 0.15) is 5.75 Å². The van der Waals surface area contributed by atoms with Crippen molar-refractivity contribution >= 4 is 23.5 Å². The summed E-state index contributed by atoms with van der Waals surface area (Å²) in [6, 6.07) is 6.15. The highest BCUT2D eigenvalue weighted by molar-refractivity contribution is 6.32. The topological polar surface area (TPSA) is 83.8 Å². The van der Waals surface area contributed by atoms with E-state index in [4.69, 9.17) is 26.6 Å². The summed E-state index contributed by atoms with van der Waals surface area (Å²) in [6.07, 6.45) is 0.450.